The Kier molecular flexibility index (Phi) is 1.55. The molecule has 13 heavy (non-hydrogen) atoms. The highest BCUT2D eigenvalue weighted by Crippen LogP contribution is 2.49. The fourth-order valence-electron chi connectivity index (χ4n) is 1.27. The van der Waals surface area contributed by atoms with E-state index in [1.807, 2.05) is 0 Å². The Labute approximate surface area is 74.3 Å². The van der Waals surface area contributed by atoms with E-state index in [4.69, 9.17) is 14.4 Å². The molecule has 1 fully saturated rings. The molecule has 1 aliphatic carbocycles. The number of methoxy groups -OCH3 is 1. The number of aromatic nitrogens is 1. The predicted molar refractivity (Wildman–Crippen MR) is 41.6 cm³/mol. The van der Waals surface area contributed by atoms with Crippen molar-refractivity contribution in [1.29, 1.82) is 0 Å². The average Bonchev–Trinajstić information content (AvgIpc) is 2.79. The van der Waals surface area contributed by atoms with Gasteiger partial charge in [0.05, 0.1) is 7.11 Å². The zero-order valence-electron chi connectivity index (χ0n) is 7.11. The molecule has 5 heteroatoms. The van der Waals surface area contributed by atoms with Crippen LogP contribution in [0.5, 0.6) is 5.88 Å². The molecule has 5 nitrogen and oxygen atoms in total. The summed E-state index contributed by atoms with van der Waals surface area (Å²) in [6.07, 6.45) is 1.22. The van der Waals surface area contributed by atoms with Gasteiger partial charge in [0, 0.05) is 6.07 Å². The summed E-state index contributed by atoms with van der Waals surface area (Å²) in [7, 11) is 1.46. The van der Waals surface area contributed by atoms with E-state index in [1.165, 1.54) is 13.2 Å². The van der Waals surface area contributed by atoms with E-state index in [2.05, 4.69) is 5.16 Å². The lowest BCUT2D eigenvalue weighted by Gasteiger charge is -2.01. The van der Waals surface area contributed by atoms with Gasteiger partial charge in [-0.25, -0.2) is 0 Å². The largest absolute Gasteiger partial charge is 0.480 e. The second-order valence-electron chi connectivity index (χ2n) is 3.12. The van der Waals surface area contributed by atoms with Crippen molar-refractivity contribution in [1.82, 2.24) is 5.16 Å². The molecule has 1 heterocycles. The Balaban J connectivity index is 2.30. The monoisotopic (exact) mass is 183 g/mol. The highest BCUT2D eigenvalue weighted by molar-refractivity contribution is 5.83. The highest BCUT2D eigenvalue weighted by atomic mass is 16.5. The standard InChI is InChI=1S/C8H9NO4/c1-12-6-4-5(13-9-6)8(2-3-8)7(10)11/h4H,2-3H2,1H3,(H,10,11). The number of aliphatic carboxylic acids is 1. The van der Waals surface area contributed by atoms with Crippen LogP contribution >= 0.6 is 0 Å². The minimum atomic E-state index is -0.855. The fourth-order valence-corrected chi connectivity index (χ4v) is 1.27. The number of carbonyl (C=O) groups is 1. The number of rotatable bonds is 3. The smallest absolute Gasteiger partial charge is 0.317 e. The van der Waals surface area contributed by atoms with E-state index < -0.39 is 11.4 Å². The summed E-state index contributed by atoms with van der Waals surface area (Å²) in [5.74, 6) is -0.148. The van der Waals surface area contributed by atoms with Crippen LogP contribution in [0.15, 0.2) is 10.6 Å². The van der Waals surface area contributed by atoms with Crippen LogP contribution in [0.3, 0.4) is 0 Å². The van der Waals surface area contributed by atoms with Crippen LogP contribution in [0.4, 0.5) is 0 Å². The van der Waals surface area contributed by atoms with E-state index in [9.17, 15) is 4.79 Å². The highest BCUT2D eigenvalue weighted by Gasteiger charge is 2.55. The van der Waals surface area contributed by atoms with Crippen molar-refractivity contribution in [3.05, 3.63) is 11.8 Å². The molecular weight excluding hydrogens is 174 g/mol. The molecule has 0 amide bonds. The van der Waals surface area contributed by atoms with Crippen molar-refractivity contribution in [2.45, 2.75) is 18.3 Å². The molecule has 2 rings (SSSR count). The number of ether oxygens (including phenoxy) is 1. The normalized spacial score (nSPS) is 18.2. The summed E-state index contributed by atoms with van der Waals surface area (Å²) in [5, 5.41) is 12.5. The number of carboxylic acid groups (broad SMARTS) is 1. The first-order chi connectivity index (χ1) is 6.19. The van der Waals surface area contributed by atoms with E-state index >= 15 is 0 Å². The van der Waals surface area contributed by atoms with E-state index in [-0.39, 0.29) is 0 Å². The van der Waals surface area contributed by atoms with E-state index in [0.717, 1.165) is 0 Å². The molecule has 0 atom stereocenters. The quantitative estimate of drug-likeness (QED) is 0.750. The van der Waals surface area contributed by atoms with Crippen LogP contribution in [0.25, 0.3) is 0 Å². The molecule has 0 saturated heterocycles. The van der Waals surface area contributed by atoms with Crippen molar-refractivity contribution in [3.63, 3.8) is 0 Å². The molecule has 0 aliphatic heterocycles. The summed E-state index contributed by atoms with van der Waals surface area (Å²) >= 11 is 0. The number of hydrogen-bond acceptors (Lipinski definition) is 4. The lowest BCUT2D eigenvalue weighted by molar-refractivity contribution is -0.140. The molecule has 0 spiro atoms. The second kappa shape index (κ2) is 2.48. The maximum absolute atomic E-state index is 10.9. The van der Waals surface area contributed by atoms with Gasteiger partial charge >= 0.3 is 5.97 Å². The summed E-state index contributed by atoms with van der Waals surface area (Å²) in [5.41, 5.74) is -0.830. The first-order valence-corrected chi connectivity index (χ1v) is 3.93. The van der Waals surface area contributed by atoms with Gasteiger partial charge < -0.3 is 14.4 Å². The molecule has 0 radical (unpaired) electrons. The van der Waals surface area contributed by atoms with Gasteiger partial charge in [0.2, 0.25) is 0 Å². The Morgan fingerprint density at radius 1 is 1.77 bits per heavy atom. The van der Waals surface area contributed by atoms with Crippen LogP contribution < -0.4 is 4.74 Å². The van der Waals surface area contributed by atoms with Gasteiger partial charge in [-0.1, -0.05) is 0 Å². The molecule has 1 aromatic rings. The topological polar surface area (TPSA) is 72.6 Å². The number of nitrogens with zero attached hydrogens (tertiary/aromatic N) is 1. The third-order valence-corrected chi connectivity index (χ3v) is 2.33. The van der Waals surface area contributed by atoms with Crippen molar-refractivity contribution < 1.29 is 19.2 Å². The van der Waals surface area contributed by atoms with Crippen molar-refractivity contribution >= 4 is 5.97 Å². The first-order valence-electron chi connectivity index (χ1n) is 3.93. The van der Waals surface area contributed by atoms with E-state index in [0.29, 0.717) is 24.5 Å². The molecule has 1 aromatic heterocycles. The molecule has 1 saturated carbocycles. The van der Waals surface area contributed by atoms with Gasteiger partial charge in [-0.15, -0.1) is 0 Å². The second-order valence-corrected chi connectivity index (χ2v) is 3.12. The van der Waals surface area contributed by atoms with Crippen LogP contribution in [0.2, 0.25) is 0 Å². The number of hydrogen-bond donors (Lipinski definition) is 1. The van der Waals surface area contributed by atoms with Gasteiger partial charge in [0.25, 0.3) is 5.88 Å². The van der Waals surface area contributed by atoms with Crippen LogP contribution in [0, 0.1) is 0 Å². The number of carboxylic acids is 1. The van der Waals surface area contributed by atoms with Gasteiger partial charge in [-0.3, -0.25) is 4.79 Å². The Bertz CT molecular complexity index is 340. The van der Waals surface area contributed by atoms with Gasteiger partial charge in [0.1, 0.15) is 5.41 Å². The summed E-state index contributed by atoms with van der Waals surface area (Å²) in [6, 6.07) is 1.53. The zero-order valence-corrected chi connectivity index (χ0v) is 7.11. The maximum atomic E-state index is 10.9. The summed E-state index contributed by atoms with van der Waals surface area (Å²) in [6.45, 7) is 0. The minimum Gasteiger partial charge on any atom is -0.480 e. The first kappa shape index (κ1) is 8.10. The van der Waals surface area contributed by atoms with Gasteiger partial charge in [-0.05, 0) is 18.0 Å². The van der Waals surface area contributed by atoms with Crippen molar-refractivity contribution in [3.8, 4) is 5.88 Å². The molecule has 0 unspecified atom stereocenters. The van der Waals surface area contributed by atoms with Crippen LogP contribution in [-0.2, 0) is 10.2 Å². The molecule has 0 aromatic carbocycles. The van der Waals surface area contributed by atoms with Gasteiger partial charge in [0.15, 0.2) is 5.76 Å². The molecule has 1 N–H and O–H groups in total. The molecular formula is C8H9NO4. The lowest BCUT2D eigenvalue weighted by atomic mass is 10.1. The Morgan fingerprint density at radius 2 is 2.46 bits per heavy atom. The third kappa shape index (κ3) is 1.07. The maximum Gasteiger partial charge on any atom is 0.317 e. The fraction of sp³-hybridized carbons (Fsp3) is 0.500. The third-order valence-electron chi connectivity index (χ3n) is 2.33. The van der Waals surface area contributed by atoms with Crippen molar-refractivity contribution in [2.75, 3.05) is 7.11 Å². The van der Waals surface area contributed by atoms with Gasteiger partial charge in [-0.2, -0.15) is 0 Å². The van der Waals surface area contributed by atoms with Crippen LogP contribution in [0.1, 0.15) is 18.6 Å². The summed E-state index contributed by atoms with van der Waals surface area (Å²) < 4.78 is 9.69. The summed E-state index contributed by atoms with van der Waals surface area (Å²) in [4.78, 5) is 10.9. The Morgan fingerprint density at radius 3 is 2.85 bits per heavy atom. The van der Waals surface area contributed by atoms with Crippen LogP contribution in [-0.4, -0.2) is 23.3 Å². The Hall–Kier alpha value is -1.52. The molecule has 0 bridgehead atoms. The molecule has 70 valence electrons. The average molecular weight is 183 g/mol. The minimum absolute atomic E-state index is 0.322. The SMILES string of the molecule is COc1cc(C2(C(=O)O)CC2)on1. The predicted octanol–water partition coefficient (Wildman–Crippen LogP) is 0.799. The lowest BCUT2D eigenvalue weighted by Crippen LogP contribution is -2.18. The zero-order chi connectivity index (χ0) is 9.47. The molecule has 1 aliphatic rings. The van der Waals surface area contributed by atoms with E-state index in [1.54, 1.807) is 0 Å². The van der Waals surface area contributed by atoms with Crippen molar-refractivity contribution in [2.24, 2.45) is 0 Å².